The minimum atomic E-state index is 0.412. The fourth-order valence-electron chi connectivity index (χ4n) is 1.79. The Morgan fingerprint density at radius 2 is 2.12 bits per heavy atom. The van der Waals surface area contributed by atoms with Crippen molar-refractivity contribution in [3.63, 3.8) is 0 Å². The summed E-state index contributed by atoms with van der Waals surface area (Å²) in [6.45, 7) is 11.5. The monoisotopic (exact) mass is 239 g/mol. The molecule has 0 spiro atoms. The molecule has 1 rings (SSSR count). The van der Waals surface area contributed by atoms with Crippen LogP contribution in [-0.4, -0.2) is 13.1 Å². The minimum absolute atomic E-state index is 0.412. The average Bonchev–Trinajstić information content (AvgIpc) is 2.64. The SMILES string of the molecule is CC(C)CNCCC(C)(C)Cc1cccs1. The molecule has 1 nitrogen and oxygen atoms in total. The third-order valence-corrected chi connectivity index (χ3v) is 3.64. The molecule has 0 saturated carbocycles. The van der Waals surface area contributed by atoms with E-state index in [-0.39, 0.29) is 0 Å². The van der Waals surface area contributed by atoms with Crippen LogP contribution in [0, 0.1) is 11.3 Å². The van der Waals surface area contributed by atoms with E-state index < -0.39 is 0 Å². The van der Waals surface area contributed by atoms with Crippen molar-refractivity contribution in [2.45, 2.75) is 40.5 Å². The van der Waals surface area contributed by atoms with Gasteiger partial charge in [-0.3, -0.25) is 0 Å². The molecule has 0 amide bonds. The van der Waals surface area contributed by atoms with Gasteiger partial charge < -0.3 is 5.32 Å². The van der Waals surface area contributed by atoms with Crippen molar-refractivity contribution < 1.29 is 0 Å². The smallest absolute Gasteiger partial charge is 0.00505 e. The van der Waals surface area contributed by atoms with E-state index in [1.807, 2.05) is 11.3 Å². The zero-order valence-electron chi connectivity index (χ0n) is 11.0. The summed E-state index contributed by atoms with van der Waals surface area (Å²) in [4.78, 5) is 1.51. The van der Waals surface area contributed by atoms with Crippen LogP contribution < -0.4 is 5.32 Å². The lowest BCUT2D eigenvalue weighted by Crippen LogP contribution is -2.26. The summed E-state index contributed by atoms with van der Waals surface area (Å²) in [7, 11) is 0. The second-order valence-electron chi connectivity index (χ2n) is 5.77. The second-order valence-corrected chi connectivity index (χ2v) is 6.80. The van der Waals surface area contributed by atoms with Crippen LogP contribution in [0.5, 0.6) is 0 Å². The van der Waals surface area contributed by atoms with Crippen LogP contribution in [0.4, 0.5) is 0 Å². The first-order valence-corrected chi connectivity index (χ1v) is 7.11. The normalized spacial score (nSPS) is 12.3. The lowest BCUT2D eigenvalue weighted by Gasteiger charge is -2.24. The highest BCUT2D eigenvalue weighted by Crippen LogP contribution is 2.27. The van der Waals surface area contributed by atoms with Crippen molar-refractivity contribution in [1.82, 2.24) is 5.32 Å². The molecule has 0 aliphatic rings. The van der Waals surface area contributed by atoms with Gasteiger partial charge in [-0.2, -0.15) is 0 Å². The lowest BCUT2D eigenvalue weighted by atomic mass is 9.85. The highest BCUT2D eigenvalue weighted by molar-refractivity contribution is 7.09. The van der Waals surface area contributed by atoms with E-state index in [4.69, 9.17) is 0 Å². The molecule has 0 aromatic carbocycles. The third-order valence-electron chi connectivity index (χ3n) is 2.76. The van der Waals surface area contributed by atoms with Gasteiger partial charge in [0.25, 0.3) is 0 Å². The predicted molar refractivity (Wildman–Crippen MR) is 74.1 cm³/mol. The predicted octanol–water partition coefficient (Wildman–Crippen LogP) is 3.95. The van der Waals surface area contributed by atoms with Gasteiger partial charge in [0.1, 0.15) is 0 Å². The van der Waals surface area contributed by atoms with Crippen molar-refractivity contribution in [2.24, 2.45) is 11.3 Å². The number of hydrogen-bond acceptors (Lipinski definition) is 2. The molecule has 1 heterocycles. The van der Waals surface area contributed by atoms with Gasteiger partial charge >= 0.3 is 0 Å². The summed E-state index contributed by atoms with van der Waals surface area (Å²) in [5.74, 6) is 0.750. The number of hydrogen-bond donors (Lipinski definition) is 1. The van der Waals surface area contributed by atoms with Crippen LogP contribution >= 0.6 is 11.3 Å². The maximum absolute atomic E-state index is 3.52. The Balaban J connectivity index is 2.23. The van der Waals surface area contributed by atoms with Crippen molar-refractivity contribution in [1.29, 1.82) is 0 Å². The molecule has 2 heteroatoms. The third kappa shape index (κ3) is 5.66. The Morgan fingerprint density at radius 3 is 2.69 bits per heavy atom. The maximum atomic E-state index is 3.52. The lowest BCUT2D eigenvalue weighted by molar-refractivity contribution is 0.324. The topological polar surface area (TPSA) is 12.0 Å². The number of rotatable bonds is 7. The Labute approximate surface area is 104 Å². The molecule has 0 fully saturated rings. The number of nitrogens with one attached hydrogen (secondary N) is 1. The Kier molecular flexibility index (Phi) is 5.50. The molecule has 0 radical (unpaired) electrons. The van der Waals surface area contributed by atoms with E-state index in [0.29, 0.717) is 5.41 Å². The van der Waals surface area contributed by atoms with Crippen molar-refractivity contribution in [3.05, 3.63) is 22.4 Å². The first-order valence-electron chi connectivity index (χ1n) is 6.23. The molecule has 0 aliphatic heterocycles. The van der Waals surface area contributed by atoms with Crippen molar-refractivity contribution in [2.75, 3.05) is 13.1 Å². The fourth-order valence-corrected chi connectivity index (χ4v) is 2.75. The molecule has 1 aromatic rings. The highest BCUT2D eigenvalue weighted by Gasteiger charge is 2.18. The van der Waals surface area contributed by atoms with Crippen LogP contribution in [0.3, 0.4) is 0 Å². The second kappa shape index (κ2) is 6.41. The quantitative estimate of drug-likeness (QED) is 0.710. The Morgan fingerprint density at radius 1 is 1.38 bits per heavy atom. The molecule has 0 unspecified atom stereocenters. The van der Waals surface area contributed by atoms with Crippen LogP contribution in [0.2, 0.25) is 0 Å². The molecule has 0 saturated heterocycles. The zero-order chi connectivity index (χ0) is 12.0. The van der Waals surface area contributed by atoms with Crippen molar-refractivity contribution in [3.8, 4) is 0 Å². The molecular formula is C14H25NS. The molecule has 92 valence electrons. The standard InChI is InChI=1S/C14H25NS/c1-12(2)11-15-8-7-14(3,4)10-13-6-5-9-16-13/h5-6,9,12,15H,7-8,10-11H2,1-4H3. The molecule has 0 bridgehead atoms. The van der Waals surface area contributed by atoms with E-state index in [2.05, 4.69) is 50.5 Å². The van der Waals surface area contributed by atoms with E-state index in [1.54, 1.807) is 0 Å². The van der Waals surface area contributed by atoms with Gasteiger partial charge in [0.05, 0.1) is 0 Å². The summed E-state index contributed by atoms with van der Waals surface area (Å²) in [5.41, 5.74) is 0.412. The molecular weight excluding hydrogens is 214 g/mol. The van der Waals surface area contributed by atoms with Gasteiger partial charge in [-0.05, 0) is 48.7 Å². The average molecular weight is 239 g/mol. The molecule has 1 N–H and O–H groups in total. The van der Waals surface area contributed by atoms with Crippen LogP contribution in [-0.2, 0) is 6.42 Å². The van der Waals surface area contributed by atoms with Crippen LogP contribution in [0.1, 0.15) is 39.0 Å². The first kappa shape index (κ1) is 13.7. The summed E-state index contributed by atoms with van der Waals surface area (Å²) >= 11 is 1.87. The number of thiophene rings is 1. The minimum Gasteiger partial charge on any atom is -0.316 e. The molecule has 1 aromatic heterocycles. The van der Waals surface area contributed by atoms with Crippen LogP contribution in [0.25, 0.3) is 0 Å². The summed E-state index contributed by atoms with van der Waals surface area (Å²) < 4.78 is 0. The maximum Gasteiger partial charge on any atom is 0.00505 e. The van der Waals surface area contributed by atoms with Crippen molar-refractivity contribution >= 4 is 11.3 Å². The summed E-state index contributed by atoms with van der Waals surface area (Å²) in [5, 5.41) is 5.69. The van der Waals surface area contributed by atoms with Gasteiger partial charge in [0.15, 0.2) is 0 Å². The molecule has 0 aliphatic carbocycles. The van der Waals surface area contributed by atoms with Gasteiger partial charge in [-0.1, -0.05) is 33.8 Å². The molecule has 16 heavy (non-hydrogen) atoms. The summed E-state index contributed by atoms with van der Waals surface area (Å²) in [6.07, 6.45) is 2.45. The van der Waals surface area contributed by atoms with E-state index in [1.165, 1.54) is 17.7 Å². The van der Waals surface area contributed by atoms with Crippen LogP contribution in [0.15, 0.2) is 17.5 Å². The largest absolute Gasteiger partial charge is 0.316 e. The highest BCUT2D eigenvalue weighted by atomic mass is 32.1. The van der Waals surface area contributed by atoms with E-state index in [0.717, 1.165) is 19.0 Å². The Hall–Kier alpha value is -0.340. The van der Waals surface area contributed by atoms with Gasteiger partial charge in [-0.15, -0.1) is 11.3 Å². The van der Waals surface area contributed by atoms with Gasteiger partial charge in [-0.25, -0.2) is 0 Å². The van der Waals surface area contributed by atoms with E-state index >= 15 is 0 Å². The first-order chi connectivity index (χ1) is 7.49. The van der Waals surface area contributed by atoms with Gasteiger partial charge in [0.2, 0.25) is 0 Å². The fraction of sp³-hybridized carbons (Fsp3) is 0.714. The van der Waals surface area contributed by atoms with E-state index in [9.17, 15) is 0 Å². The Bertz CT molecular complexity index is 275. The summed E-state index contributed by atoms with van der Waals surface area (Å²) in [6, 6.07) is 4.39. The van der Waals surface area contributed by atoms with Gasteiger partial charge in [0, 0.05) is 4.88 Å². The zero-order valence-corrected chi connectivity index (χ0v) is 11.9. The molecule has 0 atom stereocenters.